The fourth-order valence-electron chi connectivity index (χ4n) is 4.25. The highest BCUT2D eigenvalue weighted by atomic mass is 16.2. The van der Waals surface area contributed by atoms with Gasteiger partial charge in [-0.3, -0.25) is 19.3 Å². The van der Waals surface area contributed by atoms with Crippen molar-refractivity contribution >= 4 is 23.6 Å². The van der Waals surface area contributed by atoms with Gasteiger partial charge in [0.05, 0.1) is 0 Å². The predicted molar refractivity (Wildman–Crippen MR) is 92.4 cm³/mol. The van der Waals surface area contributed by atoms with Gasteiger partial charge in [0.2, 0.25) is 5.91 Å². The summed E-state index contributed by atoms with van der Waals surface area (Å²) in [4.78, 5) is 52.0. The number of nitrogens with zero attached hydrogens (tertiary/aromatic N) is 2. The lowest BCUT2D eigenvalue weighted by atomic mass is 9.87. The fraction of sp³-hybridized carbons (Fsp3) is 0.474. The summed E-state index contributed by atoms with van der Waals surface area (Å²) >= 11 is 0. The number of urea groups is 1. The average molecular weight is 355 g/mol. The van der Waals surface area contributed by atoms with E-state index in [0.29, 0.717) is 32.4 Å². The Kier molecular flexibility index (Phi) is 3.82. The number of carbonyl (C=O) groups is 4. The van der Waals surface area contributed by atoms with Gasteiger partial charge in [0, 0.05) is 38.0 Å². The van der Waals surface area contributed by atoms with Crippen LogP contribution in [0.5, 0.6) is 0 Å². The Labute approximate surface area is 151 Å². The second kappa shape index (κ2) is 5.93. The van der Waals surface area contributed by atoms with Crippen molar-refractivity contribution in [3.05, 3.63) is 35.4 Å². The Morgan fingerprint density at radius 1 is 1.19 bits per heavy atom. The van der Waals surface area contributed by atoms with Crippen molar-refractivity contribution in [1.29, 1.82) is 0 Å². The highest BCUT2D eigenvalue weighted by molar-refractivity contribution is 6.07. The lowest BCUT2D eigenvalue weighted by Gasteiger charge is -2.37. The van der Waals surface area contributed by atoms with Crippen LogP contribution in [0.1, 0.15) is 35.2 Å². The molecule has 0 saturated carbocycles. The van der Waals surface area contributed by atoms with Crippen LogP contribution in [0.4, 0.5) is 4.79 Å². The lowest BCUT2D eigenvalue weighted by molar-refractivity contribution is -0.138. The van der Waals surface area contributed by atoms with Crippen LogP contribution in [0.3, 0.4) is 0 Å². The lowest BCUT2D eigenvalue weighted by Crippen LogP contribution is -2.56. The molecule has 2 saturated heterocycles. The van der Waals surface area contributed by atoms with E-state index in [0.717, 1.165) is 16.0 Å². The second-order valence-corrected chi connectivity index (χ2v) is 7.38. The van der Waals surface area contributed by atoms with E-state index in [1.54, 1.807) is 4.90 Å². The number of amides is 4. The van der Waals surface area contributed by atoms with E-state index < -0.39 is 5.54 Å². The van der Waals surface area contributed by atoms with Gasteiger partial charge >= 0.3 is 6.03 Å². The van der Waals surface area contributed by atoms with Crippen molar-refractivity contribution < 1.29 is 19.2 Å². The molecule has 2 aliphatic heterocycles. The molecule has 1 aromatic carbocycles. The highest BCUT2D eigenvalue weighted by Gasteiger charge is 2.51. The molecule has 1 aromatic rings. The molecule has 1 unspecified atom stereocenters. The number of fused-ring (bicyclic) bond motifs is 1. The molecule has 2 fully saturated rings. The Bertz CT molecular complexity index is 811. The molecule has 7 heteroatoms. The van der Waals surface area contributed by atoms with Gasteiger partial charge in [-0.25, -0.2) is 4.79 Å². The highest BCUT2D eigenvalue weighted by Crippen LogP contribution is 2.32. The topological polar surface area (TPSA) is 86.8 Å². The molecule has 0 aromatic heterocycles. The maximum atomic E-state index is 12.7. The van der Waals surface area contributed by atoms with Gasteiger partial charge in [-0.05, 0) is 24.8 Å². The van der Waals surface area contributed by atoms with Crippen LogP contribution in [0.2, 0.25) is 0 Å². The first-order chi connectivity index (χ1) is 12.4. The van der Waals surface area contributed by atoms with Crippen molar-refractivity contribution in [3.8, 4) is 0 Å². The van der Waals surface area contributed by atoms with Crippen LogP contribution in [0.15, 0.2) is 24.3 Å². The Morgan fingerprint density at radius 2 is 1.88 bits per heavy atom. The Hall–Kier alpha value is -2.70. The van der Waals surface area contributed by atoms with Crippen LogP contribution in [0, 0.1) is 5.92 Å². The van der Waals surface area contributed by atoms with E-state index in [9.17, 15) is 19.2 Å². The molecule has 3 aliphatic rings. The van der Waals surface area contributed by atoms with Gasteiger partial charge in [0.1, 0.15) is 5.54 Å². The number of imide groups is 1. The van der Waals surface area contributed by atoms with Crippen LogP contribution >= 0.6 is 0 Å². The van der Waals surface area contributed by atoms with E-state index in [2.05, 4.69) is 5.32 Å². The maximum Gasteiger partial charge on any atom is 0.324 e. The Balaban J connectivity index is 1.37. The number of hydrogen-bond acceptors (Lipinski definition) is 4. The summed E-state index contributed by atoms with van der Waals surface area (Å²) in [6, 6.07) is 7.12. The van der Waals surface area contributed by atoms with E-state index >= 15 is 0 Å². The number of piperidine rings is 1. The molecule has 2 heterocycles. The summed E-state index contributed by atoms with van der Waals surface area (Å²) < 4.78 is 0. The van der Waals surface area contributed by atoms with Crippen LogP contribution < -0.4 is 5.32 Å². The number of Topliss-reactive ketones (excluding diaryl/α,β-unsaturated/α-hetero) is 1. The quantitative estimate of drug-likeness (QED) is 0.801. The molecule has 1 atom stereocenters. The van der Waals surface area contributed by atoms with E-state index in [1.165, 1.54) is 7.05 Å². The number of nitrogens with one attached hydrogen (secondary N) is 1. The number of carbonyl (C=O) groups excluding carboxylic acids is 4. The van der Waals surface area contributed by atoms with E-state index in [1.807, 2.05) is 24.3 Å². The maximum absolute atomic E-state index is 12.7. The van der Waals surface area contributed by atoms with Gasteiger partial charge < -0.3 is 10.2 Å². The van der Waals surface area contributed by atoms with Crippen molar-refractivity contribution in [2.75, 3.05) is 20.1 Å². The van der Waals surface area contributed by atoms with Gasteiger partial charge in [0.15, 0.2) is 5.78 Å². The van der Waals surface area contributed by atoms with Gasteiger partial charge in [0.25, 0.3) is 5.91 Å². The van der Waals surface area contributed by atoms with Crippen molar-refractivity contribution in [3.63, 3.8) is 0 Å². The molecule has 0 bridgehead atoms. The summed E-state index contributed by atoms with van der Waals surface area (Å²) in [6.45, 7) is 0.819. The molecule has 1 spiro atoms. The van der Waals surface area contributed by atoms with E-state index in [-0.39, 0.29) is 36.0 Å². The summed E-state index contributed by atoms with van der Waals surface area (Å²) in [5.74, 6) is -0.538. The first-order valence-electron chi connectivity index (χ1n) is 8.91. The Morgan fingerprint density at radius 3 is 2.50 bits per heavy atom. The molecule has 1 aliphatic carbocycles. The normalized spacial score (nSPS) is 24.2. The van der Waals surface area contributed by atoms with Crippen LogP contribution in [0.25, 0.3) is 0 Å². The molecule has 1 N–H and O–H groups in total. The summed E-state index contributed by atoms with van der Waals surface area (Å²) in [5, 5.41) is 2.77. The van der Waals surface area contributed by atoms with Crippen LogP contribution in [-0.4, -0.2) is 59.1 Å². The zero-order valence-electron chi connectivity index (χ0n) is 14.7. The van der Waals surface area contributed by atoms with Crippen molar-refractivity contribution in [2.45, 2.75) is 31.2 Å². The third-order valence-electron chi connectivity index (χ3n) is 5.88. The summed E-state index contributed by atoms with van der Waals surface area (Å²) in [6.07, 6.45) is 1.62. The largest absolute Gasteiger partial charge is 0.342 e. The van der Waals surface area contributed by atoms with E-state index in [4.69, 9.17) is 0 Å². The van der Waals surface area contributed by atoms with Crippen molar-refractivity contribution in [1.82, 2.24) is 15.1 Å². The number of rotatable bonds is 2. The number of benzene rings is 1. The third kappa shape index (κ3) is 2.50. The number of hydrogen-bond donors (Lipinski definition) is 1. The fourth-order valence-corrected chi connectivity index (χ4v) is 4.25. The smallest absolute Gasteiger partial charge is 0.324 e. The third-order valence-corrected chi connectivity index (χ3v) is 5.88. The first kappa shape index (κ1) is 16.8. The number of likely N-dealkylation sites (N-methyl/N-ethyl adjacent to an activating group) is 1. The van der Waals surface area contributed by atoms with Gasteiger partial charge in [-0.2, -0.15) is 0 Å². The SMILES string of the molecule is CN1C(=O)NC2(CCN(C(=O)CC3Cc4ccccc4C3=O)CC2)C1=O. The molecule has 7 nitrogen and oxygen atoms in total. The molecule has 4 rings (SSSR count). The number of ketones is 1. The van der Waals surface area contributed by atoms with Gasteiger partial charge in [-0.15, -0.1) is 0 Å². The summed E-state index contributed by atoms with van der Waals surface area (Å²) in [7, 11) is 1.47. The van der Waals surface area contributed by atoms with Gasteiger partial charge in [-0.1, -0.05) is 24.3 Å². The zero-order valence-corrected chi connectivity index (χ0v) is 14.7. The minimum Gasteiger partial charge on any atom is -0.342 e. The predicted octanol–water partition coefficient (Wildman–Crippen LogP) is 0.974. The second-order valence-electron chi connectivity index (χ2n) is 7.38. The number of likely N-dealkylation sites (tertiary alicyclic amines) is 1. The minimum atomic E-state index is -0.873. The van der Waals surface area contributed by atoms with Crippen LogP contribution in [-0.2, 0) is 16.0 Å². The molecule has 4 amide bonds. The zero-order chi connectivity index (χ0) is 18.5. The monoisotopic (exact) mass is 355 g/mol. The molecule has 136 valence electrons. The first-order valence-corrected chi connectivity index (χ1v) is 8.91. The molecular formula is C19H21N3O4. The molecule has 26 heavy (non-hydrogen) atoms. The molecular weight excluding hydrogens is 334 g/mol. The molecule has 0 radical (unpaired) electrons. The van der Waals surface area contributed by atoms with Crippen molar-refractivity contribution in [2.24, 2.45) is 5.92 Å². The minimum absolute atomic E-state index is 0.0438. The summed E-state index contributed by atoms with van der Waals surface area (Å²) in [5.41, 5.74) is 0.863. The average Bonchev–Trinajstić information content (AvgIpc) is 3.06. The standard InChI is InChI=1S/C19H21N3O4/c1-21-17(25)19(20-18(21)26)6-8-22(9-7-19)15(23)11-13-10-12-4-2-3-5-14(12)16(13)24/h2-5,13H,6-11H2,1H3,(H,20,26).